The molecule has 1 atom stereocenters. The molecule has 0 aliphatic rings. The van der Waals surface area contributed by atoms with E-state index in [9.17, 15) is 4.79 Å². The Morgan fingerprint density at radius 3 is 2.39 bits per heavy atom. The van der Waals surface area contributed by atoms with Crippen LogP contribution in [-0.2, 0) is 14.3 Å². The molecule has 18 heavy (non-hydrogen) atoms. The molecule has 0 heterocycles. The average molecular weight is 260 g/mol. The first kappa shape index (κ1) is 17.4. The quantitative estimate of drug-likeness (QED) is 0.594. The van der Waals surface area contributed by atoms with E-state index >= 15 is 0 Å². The molecular weight excluding hydrogens is 232 g/mol. The highest BCUT2D eigenvalue weighted by atomic mass is 16.5. The standard InChI is InChI=1S/C13H28N2O3/c1-5-17-12(9-14)7-8-15(11(3)4)10-13(16)18-6-2/h11-12H,5-10,14H2,1-4H3. The number of rotatable bonds is 10. The predicted molar refractivity (Wildman–Crippen MR) is 72.4 cm³/mol. The number of carbonyl (C=O) groups is 1. The molecule has 1 unspecified atom stereocenters. The van der Waals surface area contributed by atoms with E-state index < -0.39 is 0 Å². The van der Waals surface area contributed by atoms with Gasteiger partial charge in [-0.2, -0.15) is 0 Å². The van der Waals surface area contributed by atoms with Crippen LogP contribution in [0.2, 0.25) is 0 Å². The van der Waals surface area contributed by atoms with Crippen molar-refractivity contribution < 1.29 is 14.3 Å². The third-order valence-corrected chi connectivity index (χ3v) is 2.77. The monoisotopic (exact) mass is 260 g/mol. The highest BCUT2D eigenvalue weighted by Gasteiger charge is 2.16. The third kappa shape index (κ3) is 7.63. The Bertz CT molecular complexity index is 222. The number of nitrogens with zero attached hydrogens (tertiary/aromatic N) is 1. The fraction of sp³-hybridized carbons (Fsp3) is 0.923. The second-order valence-electron chi connectivity index (χ2n) is 4.47. The summed E-state index contributed by atoms with van der Waals surface area (Å²) in [5.41, 5.74) is 5.63. The molecule has 0 aromatic rings. The second kappa shape index (κ2) is 10.3. The number of hydrogen-bond acceptors (Lipinski definition) is 5. The summed E-state index contributed by atoms with van der Waals surface area (Å²) in [5.74, 6) is -0.174. The summed E-state index contributed by atoms with van der Waals surface area (Å²) in [6, 6.07) is 0.300. The zero-order valence-corrected chi connectivity index (χ0v) is 12.1. The lowest BCUT2D eigenvalue weighted by atomic mass is 10.2. The van der Waals surface area contributed by atoms with Crippen molar-refractivity contribution in [2.75, 3.05) is 32.8 Å². The van der Waals surface area contributed by atoms with E-state index in [4.69, 9.17) is 15.2 Å². The van der Waals surface area contributed by atoms with Gasteiger partial charge in [0, 0.05) is 25.7 Å². The summed E-state index contributed by atoms with van der Waals surface area (Å²) < 4.78 is 10.5. The van der Waals surface area contributed by atoms with Gasteiger partial charge in [0.2, 0.25) is 0 Å². The van der Waals surface area contributed by atoms with Gasteiger partial charge in [0.1, 0.15) is 0 Å². The van der Waals surface area contributed by atoms with E-state index in [0.717, 1.165) is 13.0 Å². The number of nitrogens with two attached hydrogens (primary N) is 1. The van der Waals surface area contributed by atoms with E-state index in [2.05, 4.69) is 18.7 Å². The van der Waals surface area contributed by atoms with E-state index in [1.807, 2.05) is 13.8 Å². The largest absolute Gasteiger partial charge is 0.465 e. The molecule has 0 radical (unpaired) electrons. The number of hydrogen-bond donors (Lipinski definition) is 1. The van der Waals surface area contributed by atoms with Crippen LogP contribution in [0.15, 0.2) is 0 Å². The predicted octanol–water partition coefficient (Wildman–Crippen LogP) is 1.01. The molecule has 0 spiro atoms. The van der Waals surface area contributed by atoms with Crippen LogP contribution >= 0.6 is 0 Å². The van der Waals surface area contributed by atoms with Crippen molar-refractivity contribution in [3.63, 3.8) is 0 Å². The summed E-state index contributed by atoms with van der Waals surface area (Å²) in [6.07, 6.45) is 0.903. The van der Waals surface area contributed by atoms with Crippen LogP contribution in [0.25, 0.3) is 0 Å². The highest BCUT2D eigenvalue weighted by molar-refractivity contribution is 5.71. The minimum Gasteiger partial charge on any atom is -0.465 e. The number of esters is 1. The molecule has 0 amide bonds. The van der Waals surface area contributed by atoms with Crippen LogP contribution in [0.4, 0.5) is 0 Å². The van der Waals surface area contributed by atoms with Gasteiger partial charge in [0.05, 0.1) is 19.3 Å². The third-order valence-electron chi connectivity index (χ3n) is 2.77. The molecule has 5 heteroatoms. The van der Waals surface area contributed by atoms with Gasteiger partial charge in [0.25, 0.3) is 0 Å². The molecule has 0 aromatic heterocycles. The number of carbonyl (C=O) groups excluding carboxylic acids is 1. The van der Waals surface area contributed by atoms with Gasteiger partial charge in [-0.3, -0.25) is 9.69 Å². The maximum Gasteiger partial charge on any atom is 0.320 e. The zero-order valence-electron chi connectivity index (χ0n) is 12.1. The fourth-order valence-corrected chi connectivity index (χ4v) is 1.71. The summed E-state index contributed by atoms with van der Waals surface area (Å²) in [4.78, 5) is 13.6. The molecule has 0 saturated heterocycles. The summed E-state index contributed by atoms with van der Waals surface area (Å²) in [6.45, 7) is 10.6. The molecule has 0 fully saturated rings. The molecular formula is C13H28N2O3. The first-order valence-electron chi connectivity index (χ1n) is 6.76. The minimum atomic E-state index is -0.174. The Morgan fingerprint density at radius 1 is 1.28 bits per heavy atom. The van der Waals surface area contributed by atoms with E-state index in [1.54, 1.807) is 0 Å². The summed E-state index contributed by atoms with van der Waals surface area (Å²) >= 11 is 0. The summed E-state index contributed by atoms with van der Waals surface area (Å²) in [7, 11) is 0. The Morgan fingerprint density at radius 2 is 1.94 bits per heavy atom. The van der Waals surface area contributed by atoms with Crippen LogP contribution in [0.5, 0.6) is 0 Å². The lowest BCUT2D eigenvalue weighted by Gasteiger charge is -2.27. The smallest absolute Gasteiger partial charge is 0.320 e. The maximum atomic E-state index is 11.5. The topological polar surface area (TPSA) is 64.8 Å². The maximum absolute atomic E-state index is 11.5. The van der Waals surface area contributed by atoms with Crippen molar-refractivity contribution in [3.8, 4) is 0 Å². The van der Waals surface area contributed by atoms with Crippen molar-refractivity contribution in [1.82, 2.24) is 4.90 Å². The Labute approximate surface area is 111 Å². The highest BCUT2D eigenvalue weighted by Crippen LogP contribution is 2.04. The van der Waals surface area contributed by atoms with Crippen molar-refractivity contribution in [2.24, 2.45) is 5.73 Å². The molecule has 108 valence electrons. The molecule has 5 nitrogen and oxygen atoms in total. The van der Waals surface area contributed by atoms with Crippen LogP contribution in [0.3, 0.4) is 0 Å². The first-order chi connectivity index (χ1) is 8.54. The molecule has 0 aromatic carbocycles. The van der Waals surface area contributed by atoms with E-state index in [-0.39, 0.29) is 12.1 Å². The van der Waals surface area contributed by atoms with Crippen LogP contribution < -0.4 is 5.73 Å². The first-order valence-corrected chi connectivity index (χ1v) is 6.76. The van der Waals surface area contributed by atoms with Gasteiger partial charge in [-0.25, -0.2) is 0 Å². The average Bonchev–Trinajstić information content (AvgIpc) is 2.32. The number of ether oxygens (including phenoxy) is 2. The van der Waals surface area contributed by atoms with Gasteiger partial charge in [-0.15, -0.1) is 0 Å². The fourth-order valence-electron chi connectivity index (χ4n) is 1.71. The van der Waals surface area contributed by atoms with E-state index in [1.165, 1.54) is 0 Å². The van der Waals surface area contributed by atoms with Crippen LogP contribution in [-0.4, -0.2) is 55.9 Å². The van der Waals surface area contributed by atoms with Crippen molar-refractivity contribution in [1.29, 1.82) is 0 Å². The van der Waals surface area contributed by atoms with Gasteiger partial charge >= 0.3 is 5.97 Å². The van der Waals surface area contributed by atoms with Crippen LogP contribution in [0.1, 0.15) is 34.1 Å². The molecule has 0 saturated carbocycles. The second-order valence-corrected chi connectivity index (χ2v) is 4.47. The SMILES string of the molecule is CCOC(=O)CN(CCC(CN)OCC)C(C)C. The van der Waals surface area contributed by atoms with Crippen molar-refractivity contribution >= 4 is 5.97 Å². The van der Waals surface area contributed by atoms with E-state index in [0.29, 0.717) is 32.3 Å². The summed E-state index contributed by atoms with van der Waals surface area (Å²) in [5, 5.41) is 0. The van der Waals surface area contributed by atoms with Gasteiger partial charge in [-0.1, -0.05) is 0 Å². The van der Waals surface area contributed by atoms with Crippen molar-refractivity contribution in [2.45, 2.75) is 46.3 Å². The zero-order chi connectivity index (χ0) is 14.0. The molecule has 0 bridgehead atoms. The van der Waals surface area contributed by atoms with Gasteiger partial charge < -0.3 is 15.2 Å². The minimum absolute atomic E-state index is 0.0680. The van der Waals surface area contributed by atoms with Gasteiger partial charge in [-0.05, 0) is 34.1 Å². The Hall–Kier alpha value is -0.650. The van der Waals surface area contributed by atoms with Crippen LogP contribution in [0, 0.1) is 0 Å². The normalized spacial score (nSPS) is 13.1. The van der Waals surface area contributed by atoms with Gasteiger partial charge in [0.15, 0.2) is 0 Å². The van der Waals surface area contributed by atoms with Crippen molar-refractivity contribution in [3.05, 3.63) is 0 Å². The lowest BCUT2D eigenvalue weighted by Crippen LogP contribution is -2.39. The Kier molecular flexibility index (Phi) is 9.92. The Balaban J connectivity index is 4.14. The molecule has 0 rings (SSSR count). The molecule has 0 aliphatic heterocycles. The molecule has 0 aliphatic carbocycles. The lowest BCUT2D eigenvalue weighted by molar-refractivity contribution is -0.145. The molecule has 2 N–H and O–H groups in total.